The first-order valence-electron chi connectivity index (χ1n) is 9.42. The second-order valence-electron chi connectivity index (χ2n) is 7.25. The molecule has 7 nitrogen and oxygen atoms in total. The highest BCUT2D eigenvalue weighted by Crippen LogP contribution is 2.34. The summed E-state index contributed by atoms with van der Waals surface area (Å²) in [6.07, 6.45) is 0.311. The number of nitrogens with zero attached hydrogens (tertiary/aromatic N) is 4. The first-order valence-corrected chi connectivity index (χ1v) is 9.42. The fourth-order valence-corrected chi connectivity index (χ4v) is 3.82. The number of para-hydroxylation sites is 1. The lowest BCUT2D eigenvalue weighted by molar-refractivity contribution is -0.129. The van der Waals surface area contributed by atoms with Gasteiger partial charge >= 0.3 is 0 Å². The van der Waals surface area contributed by atoms with Crippen LogP contribution in [0.5, 0.6) is 0 Å². The van der Waals surface area contributed by atoms with Crippen molar-refractivity contribution in [2.75, 3.05) is 6.54 Å². The van der Waals surface area contributed by atoms with Crippen LogP contribution in [0.3, 0.4) is 0 Å². The fourth-order valence-electron chi connectivity index (χ4n) is 3.82. The Kier molecular flexibility index (Phi) is 4.12. The van der Waals surface area contributed by atoms with Crippen LogP contribution in [0.2, 0.25) is 0 Å². The van der Waals surface area contributed by atoms with Crippen LogP contribution < -0.4 is 0 Å². The molecule has 146 valence electrons. The standard InChI is InChI=1S/C21H18FN5O2/c1-12(13-6-8-15(22)9-7-13)27-11-14(10-18(27)28)20-23-21(29-26-20)19-16-4-2-3-5-17(16)24-25-19/h2-9,12,14H,10-11H2,1H3,(H,24,25). The zero-order chi connectivity index (χ0) is 20.0. The molecule has 8 heteroatoms. The molecule has 1 saturated heterocycles. The molecule has 29 heavy (non-hydrogen) atoms. The second-order valence-corrected chi connectivity index (χ2v) is 7.25. The van der Waals surface area contributed by atoms with Gasteiger partial charge in [0.15, 0.2) is 11.5 Å². The van der Waals surface area contributed by atoms with Gasteiger partial charge < -0.3 is 9.42 Å². The highest BCUT2D eigenvalue weighted by molar-refractivity contribution is 5.90. The number of carbonyl (C=O) groups excluding carboxylic acids is 1. The molecule has 0 aliphatic carbocycles. The normalized spacial score (nSPS) is 17.9. The number of carbonyl (C=O) groups is 1. The van der Waals surface area contributed by atoms with E-state index in [-0.39, 0.29) is 23.7 Å². The van der Waals surface area contributed by atoms with Gasteiger partial charge in [-0.25, -0.2) is 4.39 Å². The van der Waals surface area contributed by atoms with Gasteiger partial charge in [-0.1, -0.05) is 35.5 Å². The highest BCUT2D eigenvalue weighted by Gasteiger charge is 2.36. The van der Waals surface area contributed by atoms with Gasteiger partial charge in [0.25, 0.3) is 5.89 Å². The van der Waals surface area contributed by atoms with Crippen LogP contribution in [0.4, 0.5) is 4.39 Å². The lowest BCUT2D eigenvalue weighted by Crippen LogP contribution is -2.28. The Morgan fingerprint density at radius 2 is 2.00 bits per heavy atom. The van der Waals surface area contributed by atoms with E-state index in [0.29, 0.717) is 30.4 Å². The Balaban J connectivity index is 1.37. The van der Waals surface area contributed by atoms with Gasteiger partial charge in [-0.2, -0.15) is 10.1 Å². The maximum absolute atomic E-state index is 13.2. The van der Waals surface area contributed by atoms with Crippen molar-refractivity contribution in [1.82, 2.24) is 25.2 Å². The molecule has 2 aromatic carbocycles. The van der Waals surface area contributed by atoms with Crippen molar-refractivity contribution in [1.29, 1.82) is 0 Å². The summed E-state index contributed by atoms with van der Waals surface area (Å²) < 4.78 is 18.6. The molecule has 4 aromatic rings. The van der Waals surface area contributed by atoms with Gasteiger partial charge in [0.1, 0.15) is 5.82 Å². The molecular formula is C21H18FN5O2. The minimum Gasteiger partial charge on any atom is -0.335 e. The van der Waals surface area contributed by atoms with Crippen molar-refractivity contribution >= 4 is 16.8 Å². The SMILES string of the molecule is CC(c1ccc(F)cc1)N1CC(c2noc(-c3n[nH]c4ccccc34)n2)CC1=O. The Labute approximate surface area is 165 Å². The van der Waals surface area contributed by atoms with E-state index in [1.54, 1.807) is 17.0 Å². The summed E-state index contributed by atoms with van der Waals surface area (Å²) in [5, 5.41) is 12.2. The summed E-state index contributed by atoms with van der Waals surface area (Å²) in [4.78, 5) is 18.9. The molecule has 1 aliphatic heterocycles. The average Bonchev–Trinajstić information content (AvgIpc) is 3.45. The molecule has 3 heterocycles. The lowest BCUT2D eigenvalue weighted by atomic mass is 10.1. The Hall–Kier alpha value is -3.55. The minimum atomic E-state index is -0.295. The zero-order valence-electron chi connectivity index (χ0n) is 15.7. The Morgan fingerprint density at radius 1 is 1.21 bits per heavy atom. The molecule has 5 rings (SSSR count). The average molecular weight is 391 g/mol. The molecule has 2 unspecified atom stereocenters. The number of hydrogen-bond acceptors (Lipinski definition) is 5. The van der Waals surface area contributed by atoms with E-state index >= 15 is 0 Å². The van der Waals surface area contributed by atoms with E-state index in [2.05, 4.69) is 20.3 Å². The van der Waals surface area contributed by atoms with Crippen LogP contribution in [-0.2, 0) is 4.79 Å². The predicted octanol–water partition coefficient (Wildman–Crippen LogP) is 3.83. The van der Waals surface area contributed by atoms with E-state index in [1.165, 1.54) is 12.1 Å². The van der Waals surface area contributed by atoms with E-state index in [9.17, 15) is 9.18 Å². The maximum atomic E-state index is 13.2. The zero-order valence-corrected chi connectivity index (χ0v) is 15.7. The summed E-state index contributed by atoms with van der Waals surface area (Å²) in [6.45, 7) is 2.42. The van der Waals surface area contributed by atoms with E-state index in [0.717, 1.165) is 16.5 Å². The number of H-pyrrole nitrogens is 1. The van der Waals surface area contributed by atoms with Crippen molar-refractivity contribution in [3.05, 3.63) is 65.7 Å². The van der Waals surface area contributed by atoms with E-state index in [1.807, 2.05) is 31.2 Å². The number of amides is 1. The van der Waals surface area contributed by atoms with Crippen LogP contribution in [0.15, 0.2) is 53.1 Å². The van der Waals surface area contributed by atoms with Crippen LogP contribution in [-0.4, -0.2) is 37.7 Å². The monoisotopic (exact) mass is 391 g/mol. The first kappa shape index (κ1) is 17.5. The molecule has 2 aromatic heterocycles. The largest absolute Gasteiger partial charge is 0.335 e. The summed E-state index contributed by atoms with van der Waals surface area (Å²) in [7, 11) is 0. The number of likely N-dealkylation sites (tertiary alicyclic amines) is 1. The number of aromatic nitrogens is 4. The van der Waals surface area contributed by atoms with Crippen LogP contribution >= 0.6 is 0 Å². The second kappa shape index (κ2) is 6.80. The van der Waals surface area contributed by atoms with Crippen LogP contribution in [0, 0.1) is 5.82 Å². The third-order valence-corrected chi connectivity index (χ3v) is 5.46. The minimum absolute atomic E-state index is 0.0170. The van der Waals surface area contributed by atoms with E-state index in [4.69, 9.17) is 4.52 Å². The molecule has 1 aliphatic rings. The molecule has 0 spiro atoms. The van der Waals surface area contributed by atoms with Gasteiger partial charge in [-0.3, -0.25) is 9.89 Å². The summed E-state index contributed by atoms with van der Waals surface area (Å²) >= 11 is 0. The summed E-state index contributed by atoms with van der Waals surface area (Å²) in [5.41, 5.74) is 2.37. The first-order chi connectivity index (χ1) is 14.1. The number of nitrogens with one attached hydrogen (secondary N) is 1. The van der Waals surface area contributed by atoms with Gasteiger partial charge in [0.05, 0.1) is 11.6 Å². The number of benzene rings is 2. The van der Waals surface area contributed by atoms with Crippen molar-refractivity contribution in [2.24, 2.45) is 0 Å². The number of hydrogen-bond donors (Lipinski definition) is 1. The molecule has 1 amide bonds. The van der Waals surface area contributed by atoms with Crippen LogP contribution in [0.1, 0.15) is 36.7 Å². The molecule has 0 bridgehead atoms. The quantitative estimate of drug-likeness (QED) is 0.571. The molecule has 0 radical (unpaired) electrons. The predicted molar refractivity (Wildman–Crippen MR) is 103 cm³/mol. The third kappa shape index (κ3) is 3.06. The van der Waals surface area contributed by atoms with Gasteiger partial charge in [-0.15, -0.1) is 0 Å². The highest BCUT2D eigenvalue weighted by atomic mass is 19.1. The number of rotatable bonds is 4. The fraction of sp³-hybridized carbons (Fsp3) is 0.238. The van der Waals surface area contributed by atoms with Crippen LogP contribution in [0.25, 0.3) is 22.5 Å². The van der Waals surface area contributed by atoms with Crippen molar-refractivity contribution in [2.45, 2.75) is 25.3 Å². The summed E-state index contributed by atoms with van der Waals surface area (Å²) in [6, 6.07) is 13.8. The molecule has 2 atom stereocenters. The lowest BCUT2D eigenvalue weighted by Gasteiger charge is -2.25. The Morgan fingerprint density at radius 3 is 2.83 bits per heavy atom. The molecule has 1 fully saturated rings. The Bertz CT molecular complexity index is 1180. The number of aromatic amines is 1. The maximum Gasteiger partial charge on any atom is 0.279 e. The third-order valence-electron chi connectivity index (χ3n) is 5.46. The van der Waals surface area contributed by atoms with Gasteiger partial charge in [-0.05, 0) is 30.7 Å². The molecule has 0 saturated carbocycles. The van der Waals surface area contributed by atoms with E-state index < -0.39 is 0 Å². The van der Waals surface area contributed by atoms with Gasteiger partial charge in [0.2, 0.25) is 5.91 Å². The van der Waals surface area contributed by atoms with Gasteiger partial charge in [0, 0.05) is 24.3 Å². The molecule has 1 N–H and O–H groups in total. The smallest absolute Gasteiger partial charge is 0.279 e. The summed E-state index contributed by atoms with van der Waals surface area (Å²) in [5.74, 6) is 0.387. The number of fused-ring (bicyclic) bond motifs is 1. The topological polar surface area (TPSA) is 87.9 Å². The van der Waals surface area contributed by atoms with Crippen molar-refractivity contribution in [3.8, 4) is 11.6 Å². The molecular weight excluding hydrogens is 373 g/mol. The number of halogens is 1. The van der Waals surface area contributed by atoms with Crippen molar-refractivity contribution < 1.29 is 13.7 Å². The van der Waals surface area contributed by atoms with Crippen molar-refractivity contribution in [3.63, 3.8) is 0 Å².